The van der Waals surface area contributed by atoms with Crippen LogP contribution in [-0.4, -0.2) is 84.4 Å². The van der Waals surface area contributed by atoms with E-state index in [0.29, 0.717) is 24.4 Å². The topological polar surface area (TPSA) is 143 Å². The summed E-state index contributed by atoms with van der Waals surface area (Å²) in [5.74, 6) is -0.510. The minimum atomic E-state index is -4.81. The highest BCUT2D eigenvalue weighted by atomic mass is 32.3. The second-order valence-electron chi connectivity index (χ2n) is 7.01. The van der Waals surface area contributed by atoms with E-state index in [9.17, 15) is 18.0 Å². The van der Waals surface area contributed by atoms with Crippen molar-refractivity contribution in [2.45, 2.75) is 37.8 Å². The Labute approximate surface area is 151 Å². The Balaban J connectivity index is 1.62. The summed E-state index contributed by atoms with van der Waals surface area (Å²) in [5.41, 5.74) is 0. The smallest absolute Gasteiger partial charge is 0.313 e. The van der Waals surface area contributed by atoms with E-state index in [2.05, 4.69) is 14.5 Å². The van der Waals surface area contributed by atoms with Gasteiger partial charge in [-0.1, -0.05) is 0 Å². The molecule has 0 aliphatic carbocycles. The zero-order chi connectivity index (χ0) is 19.1. The number of carbonyl (C=O) groups is 2. The van der Waals surface area contributed by atoms with Crippen molar-refractivity contribution in [1.29, 1.82) is 5.41 Å². The summed E-state index contributed by atoms with van der Waals surface area (Å²) < 4.78 is 35.0. The van der Waals surface area contributed by atoms with Crippen LogP contribution in [0, 0.1) is 11.3 Å². The number of fused-ring (bicyclic) bond motifs is 2. The number of amidine groups is 1. The Bertz CT molecular complexity index is 713. The predicted octanol–water partition coefficient (Wildman–Crippen LogP) is -0.575. The second-order valence-corrected chi connectivity index (χ2v) is 8.02. The molecule has 3 fully saturated rings. The van der Waals surface area contributed by atoms with Gasteiger partial charge in [-0.15, -0.1) is 4.28 Å². The van der Waals surface area contributed by atoms with Gasteiger partial charge in [0.25, 0.3) is 0 Å². The van der Waals surface area contributed by atoms with Gasteiger partial charge in [-0.2, -0.15) is 13.5 Å². The molecule has 146 valence electrons. The molecule has 0 aromatic rings. The maximum atomic E-state index is 12.4. The zero-order valence-electron chi connectivity index (χ0n) is 14.4. The summed E-state index contributed by atoms with van der Waals surface area (Å²) in [6.45, 7) is 1.74. The molecule has 0 spiro atoms. The van der Waals surface area contributed by atoms with Gasteiger partial charge >= 0.3 is 16.4 Å². The number of carbonyl (C=O) groups excluding carboxylic acids is 2. The Morgan fingerprint density at radius 1 is 1.31 bits per heavy atom. The van der Waals surface area contributed by atoms with E-state index >= 15 is 0 Å². The van der Waals surface area contributed by atoms with Crippen molar-refractivity contribution in [1.82, 2.24) is 20.2 Å². The van der Waals surface area contributed by atoms with E-state index < -0.39 is 28.5 Å². The van der Waals surface area contributed by atoms with Gasteiger partial charge in [-0.25, -0.2) is 4.79 Å². The first kappa shape index (κ1) is 19.0. The fraction of sp³-hybridized carbons (Fsp3) is 0.786. The van der Waals surface area contributed by atoms with E-state index in [1.165, 1.54) is 4.90 Å². The van der Waals surface area contributed by atoms with Crippen LogP contribution in [0.1, 0.15) is 25.7 Å². The van der Waals surface area contributed by atoms with E-state index in [-0.39, 0.29) is 24.2 Å². The van der Waals surface area contributed by atoms with E-state index in [0.717, 1.165) is 19.4 Å². The number of amides is 3. The largest absolute Gasteiger partial charge is 0.418 e. The molecule has 3 aliphatic heterocycles. The first-order valence-corrected chi connectivity index (χ1v) is 9.87. The van der Waals surface area contributed by atoms with Crippen LogP contribution in [0.15, 0.2) is 0 Å². The number of piperidine rings is 2. The number of nitrogens with zero attached hydrogens (tertiary/aromatic N) is 3. The fourth-order valence-electron chi connectivity index (χ4n) is 3.83. The van der Waals surface area contributed by atoms with Gasteiger partial charge in [0.2, 0.25) is 5.91 Å². The molecule has 11 nitrogen and oxygen atoms in total. The number of urea groups is 1. The average Bonchev–Trinajstić information content (AvgIpc) is 2.78. The van der Waals surface area contributed by atoms with Crippen molar-refractivity contribution in [2.24, 2.45) is 5.92 Å². The van der Waals surface area contributed by atoms with Crippen LogP contribution in [0.5, 0.6) is 0 Å². The molecule has 26 heavy (non-hydrogen) atoms. The maximum absolute atomic E-state index is 12.4. The molecule has 0 aromatic carbocycles. The molecule has 3 rings (SSSR count). The van der Waals surface area contributed by atoms with Gasteiger partial charge in [-0.05, 0) is 39.3 Å². The lowest BCUT2D eigenvalue weighted by molar-refractivity contribution is -0.125. The Morgan fingerprint density at radius 2 is 2.04 bits per heavy atom. The highest BCUT2D eigenvalue weighted by Gasteiger charge is 2.48. The number of hydroxylamine groups is 2. The van der Waals surface area contributed by atoms with Crippen molar-refractivity contribution in [2.75, 3.05) is 26.7 Å². The predicted molar refractivity (Wildman–Crippen MR) is 89.5 cm³/mol. The van der Waals surface area contributed by atoms with Gasteiger partial charge in [0.1, 0.15) is 5.84 Å². The molecular formula is C14H23N5O6S. The molecule has 3 unspecified atom stereocenters. The van der Waals surface area contributed by atoms with E-state index in [1.54, 1.807) is 0 Å². The van der Waals surface area contributed by atoms with Crippen LogP contribution in [-0.2, 0) is 19.5 Å². The maximum Gasteiger partial charge on any atom is 0.418 e. The van der Waals surface area contributed by atoms with Gasteiger partial charge in [-0.3, -0.25) is 14.8 Å². The summed E-state index contributed by atoms with van der Waals surface area (Å²) >= 11 is 0. The molecule has 3 N–H and O–H groups in total. The summed E-state index contributed by atoms with van der Waals surface area (Å²) in [6.07, 6.45) is 2.46. The Kier molecular flexibility index (Phi) is 5.19. The minimum absolute atomic E-state index is 0.0799. The molecule has 3 amide bonds. The van der Waals surface area contributed by atoms with Crippen molar-refractivity contribution in [3.8, 4) is 0 Å². The summed E-state index contributed by atoms with van der Waals surface area (Å²) in [4.78, 5) is 28.1. The van der Waals surface area contributed by atoms with Crippen LogP contribution in [0.4, 0.5) is 4.79 Å². The van der Waals surface area contributed by atoms with Crippen molar-refractivity contribution >= 4 is 28.2 Å². The summed E-state index contributed by atoms with van der Waals surface area (Å²) in [7, 11) is -2.86. The zero-order valence-corrected chi connectivity index (χ0v) is 15.2. The highest BCUT2D eigenvalue weighted by molar-refractivity contribution is 7.80. The molecule has 0 saturated carbocycles. The highest BCUT2D eigenvalue weighted by Crippen LogP contribution is 2.30. The summed E-state index contributed by atoms with van der Waals surface area (Å²) in [5, 5.41) is 11.4. The van der Waals surface area contributed by atoms with Crippen LogP contribution in [0.2, 0.25) is 0 Å². The normalized spacial score (nSPS) is 29.8. The van der Waals surface area contributed by atoms with Crippen LogP contribution < -0.4 is 5.32 Å². The van der Waals surface area contributed by atoms with Crippen LogP contribution >= 0.6 is 0 Å². The average molecular weight is 389 g/mol. The monoisotopic (exact) mass is 389 g/mol. The van der Waals surface area contributed by atoms with Crippen molar-refractivity contribution in [3.63, 3.8) is 0 Å². The quantitative estimate of drug-likeness (QED) is 0.332. The molecular weight excluding hydrogens is 366 g/mol. The van der Waals surface area contributed by atoms with E-state index in [4.69, 9.17) is 9.96 Å². The number of rotatable bonds is 4. The van der Waals surface area contributed by atoms with Crippen LogP contribution in [0.3, 0.4) is 0 Å². The number of hydrogen-bond donors (Lipinski definition) is 3. The second kappa shape index (κ2) is 7.10. The fourth-order valence-corrected chi connectivity index (χ4v) is 4.22. The van der Waals surface area contributed by atoms with E-state index in [1.807, 2.05) is 7.05 Å². The Morgan fingerprint density at radius 3 is 2.69 bits per heavy atom. The van der Waals surface area contributed by atoms with Gasteiger partial charge in [0, 0.05) is 13.1 Å². The van der Waals surface area contributed by atoms with Gasteiger partial charge < -0.3 is 15.1 Å². The lowest BCUT2D eigenvalue weighted by Gasteiger charge is -2.32. The molecule has 0 radical (unpaired) electrons. The van der Waals surface area contributed by atoms with Gasteiger partial charge in [0.05, 0.1) is 18.0 Å². The van der Waals surface area contributed by atoms with Crippen molar-refractivity contribution in [3.05, 3.63) is 0 Å². The SMILES string of the molecule is CN1CCCC(C(=O)NC(=N)C2CCC3CN2C(=O)N3OS(=O)(=O)O)C1. The molecule has 12 heteroatoms. The first-order valence-electron chi connectivity index (χ1n) is 8.50. The molecule has 0 aromatic heterocycles. The molecule has 3 heterocycles. The third-order valence-electron chi connectivity index (χ3n) is 5.08. The van der Waals surface area contributed by atoms with Crippen LogP contribution in [0.25, 0.3) is 0 Å². The van der Waals surface area contributed by atoms with Gasteiger partial charge in [0.15, 0.2) is 0 Å². The summed E-state index contributed by atoms with van der Waals surface area (Å²) in [6, 6.07) is -1.92. The number of likely N-dealkylation sites (tertiary alicyclic amines) is 1. The minimum Gasteiger partial charge on any atom is -0.313 e. The lowest BCUT2D eigenvalue weighted by Crippen LogP contribution is -2.52. The standard InChI is InChI=1S/C14H23N5O6S/c1-17-6-2-3-9(7-17)13(20)16-12(15)11-5-4-10-8-18(11)14(21)19(10)25-26(22,23)24/h9-11H,2-8H2,1H3,(H2,15,16,20)(H,22,23,24). The third-order valence-corrected chi connectivity index (χ3v) is 5.43. The third kappa shape index (κ3) is 3.98. The Hall–Kier alpha value is -1.76. The molecule has 3 aliphatic rings. The molecule has 3 saturated heterocycles. The lowest BCUT2D eigenvalue weighted by atomic mass is 9.96. The molecule has 2 bridgehead atoms. The first-order chi connectivity index (χ1) is 12.2. The molecule has 3 atom stereocenters. The number of nitrogens with one attached hydrogen (secondary N) is 2. The van der Waals surface area contributed by atoms with Crippen molar-refractivity contribution < 1.29 is 26.8 Å². The number of hydrogen-bond acceptors (Lipinski definition) is 7.